The first kappa shape index (κ1) is 12.4. The van der Waals surface area contributed by atoms with Gasteiger partial charge in [0, 0.05) is 18.3 Å². The van der Waals surface area contributed by atoms with E-state index < -0.39 is 0 Å². The van der Waals surface area contributed by atoms with Gasteiger partial charge in [0.2, 0.25) is 0 Å². The Labute approximate surface area is 105 Å². The molecule has 0 radical (unpaired) electrons. The maximum atomic E-state index is 5.92. The van der Waals surface area contributed by atoms with Crippen molar-refractivity contribution in [2.24, 2.45) is 10.8 Å². The zero-order valence-corrected chi connectivity index (χ0v) is 11.6. The van der Waals surface area contributed by atoms with Crippen molar-refractivity contribution in [2.75, 3.05) is 5.73 Å². The standard InChI is InChI=1S/C15H24N2/c1-10-11(7-6-8-12(10)16)9-17-13-14(2,3)15(13,4)5/h6-8,13,17H,9,16H2,1-5H3. The minimum Gasteiger partial charge on any atom is -0.399 e. The number of nitrogens with one attached hydrogen (secondary N) is 1. The van der Waals surface area contributed by atoms with Crippen LogP contribution in [0.25, 0.3) is 0 Å². The lowest BCUT2D eigenvalue weighted by atomic mass is 10.0. The lowest BCUT2D eigenvalue weighted by Crippen LogP contribution is -2.22. The first-order chi connectivity index (χ1) is 7.78. The van der Waals surface area contributed by atoms with Crippen molar-refractivity contribution in [3.8, 4) is 0 Å². The molecule has 17 heavy (non-hydrogen) atoms. The molecule has 0 heterocycles. The highest BCUT2D eigenvalue weighted by Crippen LogP contribution is 2.62. The Morgan fingerprint density at radius 3 is 2.29 bits per heavy atom. The third-order valence-corrected chi connectivity index (χ3v) is 5.01. The molecule has 1 fully saturated rings. The van der Waals surface area contributed by atoms with E-state index in [1.165, 1.54) is 11.1 Å². The zero-order chi connectivity index (χ0) is 12.8. The van der Waals surface area contributed by atoms with E-state index in [0.29, 0.717) is 16.9 Å². The predicted octanol–water partition coefficient (Wildman–Crippen LogP) is 3.10. The number of anilines is 1. The summed E-state index contributed by atoms with van der Waals surface area (Å²) in [7, 11) is 0. The highest BCUT2D eigenvalue weighted by atomic mass is 15.0. The maximum Gasteiger partial charge on any atom is 0.0346 e. The Bertz CT molecular complexity index is 419. The summed E-state index contributed by atoms with van der Waals surface area (Å²) in [6, 6.07) is 6.74. The second kappa shape index (κ2) is 3.74. The number of nitrogen functional groups attached to an aromatic ring is 1. The second-order valence-electron chi connectivity index (χ2n) is 6.39. The lowest BCUT2D eigenvalue weighted by Gasteiger charge is -2.10. The number of nitrogens with two attached hydrogens (primary N) is 1. The summed E-state index contributed by atoms with van der Waals surface area (Å²) < 4.78 is 0. The van der Waals surface area contributed by atoms with Gasteiger partial charge in [-0.05, 0) is 34.9 Å². The van der Waals surface area contributed by atoms with E-state index in [9.17, 15) is 0 Å². The van der Waals surface area contributed by atoms with Crippen molar-refractivity contribution >= 4 is 5.69 Å². The van der Waals surface area contributed by atoms with E-state index in [0.717, 1.165) is 12.2 Å². The molecule has 0 spiro atoms. The Hall–Kier alpha value is -1.02. The predicted molar refractivity (Wildman–Crippen MR) is 73.8 cm³/mol. The van der Waals surface area contributed by atoms with Crippen LogP contribution in [0.4, 0.5) is 5.69 Å². The maximum absolute atomic E-state index is 5.92. The average molecular weight is 232 g/mol. The Morgan fingerprint density at radius 1 is 1.18 bits per heavy atom. The minimum atomic E-state index is 0.390. The van der Waals surface area contributed by atoms with E-state index >= 15 is 0 Å². The number of benzene rings is 1. The number of rotatable bonds is 3. The quantitative estimate of drug-likeness (QED) is 0.786. The van der Waals surface area contributed by atoms with Gasteiger partial charge in [-0.2, -0.15) is 0 Å². The summed E-state index contributed by atoms with van der Waals surface area (Å²) in [5, 5.41) is 3.67. The van der Waals surface area contributed by atoms with Crippen LogP contribution in [0.15, 0.2) is 18.2 Å². The van der Waals surface area contributed by atoms with Gasteiger partial charge < -0.3 is 11.1 Å². The molecule has 0 aliphatic heterocycles. The summed E-state index contributed by atoms with van der Waals surface area (Å²) in [5.41, 5.74) is 10.1. The van der Waals surface area contributed by atoms with Crippen LogP contribution in [0, 0.1) is 17.8 Å². The molecule has 0 atom stereocenters. The van der Waals surface area contributed by atoms with Gasteiger partial charge in [0.25, 0.3) is 0 Å². The third-order valence-electron chi connectivity index (χ3n) is 5.01. The molecule has 0 unspecified atom stereocenters. The van der Waals surface area contributed by atoms with E-state index in [1.54, 1.807) is 0 Å². The molecule has 2 rings (SSSR count). The molecule has 2 heteroatoms. The minimum absolute atomic E-state index is 0.390. The van der Waals surface area contributed by atoms with Gasteiger partial charge in [-0.1, -0.05) is 39.8 Å². The largest absolute Gasteiger partial charge is 0.399 e. The van der Waals surface area contributed by atoms with Gasteiger partial charge in [-0.15, -0.1) is 0 Å². The van der Waals surface area contributed by atoms with Crippen LogP contribution in [0.3, 0.4) is 0 Å². The molecule has 1 aliphatic rings. The third kappa shape index (κ3) is 1.85. The Balaban J connectivity index is 2.03. The zero-order valence-electron chi connectivity index (χ0n) is 11.6. The molecule has 1 aliphatic carbocycles. The fourth-order valence-electron chi connectivity index (χ4n) is 2.81. The average Bonchev–Trinajstić information content (AvgIpc) is 2.61. The smallest absolute Gasteiger partial charge is 0.0346 e. The van der Waals surface area contributed by atoms with Crippen LogP contribution in [-0.4, -0.2) is 6.04 Å². The van der Waals surface area contributed by atoms with Gasteiger partial charge in [-0.3, -0.25) is 0 Å². The molecule has 0 saturated heterocycles. The van der Waals surface area contributed by atoms with Gasteiger partial charge in [0.05, 0.1) is 0 Å². The topological polar surface area (TPSA) is 38.0 Å². The van der Waals surface area contributed by atoms with Crippen molar-refractivity contribution in [2.45, 2.75) is 47.2 Å². The molecule has 3 N–H and O–H groups in total. The molecule has 1 aromatic carbocycles. The molecule has 1 saturated carbocycles. The van der Waals surface area contributed by atoms with Crippen molar-refractivity contribution in [1.29, 1.82) is 0 Å². The normalized spacial score (nSPS) is 21.5. The Morgan fingerprint density at radius 2 is 1.76 bits per heavy atom. The second-order valence-corrected chi connectivity index (χ2v) is 6.39. The lowest BCUT2D eigenvalue weighted by molar-refractivity contribution is 0.457. The first-order valence-corrected chi connectivity index (χ1v) is 6.36. The summed E-state index contributed by atoms with van der Waals surface area (Å²) >= 11 is 0. The Kier molecular flexibility index (Phi) is 2.74. The van der Waals surface area contributed by atoms with Crippen molar-refractivity contribution in [3.63, 3.8) is 0 Å². The molecule has 2 nitrogen and oxygen atoms in total. The van der Waals surface area contributed by atoms with Crippen molar-refractivity contribution < 1.29 is 0 Å². The van der Waals surface area contributed by atoms with E-state index in [-0.39, 0.29) is 0 Å². The monoisotopic (exact) mass is 232 g/mol. The fraction of sp³-hybridized carbons (Fsp3) is 0.600. The van der Waals surface area contributed by atoms with E-state index in [1.807, 2.05) is 12.1 Å². The van der Waals surface area contributed by atoms with Crippen LogP contribution in [0.5, 0.6) is 0 Å². The SMILES string of the molecule is Cc1c(N)cccc1CNC1C(C)(C)C1(C)C. The van der Waals surface area contributed by atoms with Gasteiger partial charge in [0.15, 0.2) is 0 Å². The first-order valence-electron chi connectivity index (χ1n) is 6.36. The van der Waals surface area contributed by atoms with Crippen molar-refractivity contribution in [1.82, 2.24) is 5.32 Å². The van der Waals surface area contributed by atoms with Gasteiger partial charge >= 0.3 is 0 Å². The molecule has 0 aromatic heterocycles. The highest BCUT2D eigenvalue weighted by molar-refractivity contribution is 5.49. The molecule has 0 bridgehead atoms. The summed E-state index contributed by atoms with van der Waals surface area (Å²) in [6.07, 6.45) is 0. The van der Waals surface area contributed by atoms with Crippen LogP contribution in [-0.2, 0) is 6.54 Å². The number of hydrogen-bond donors (Lipinski definition) is 2. The highest BCUT2D eigenvalue weighted by Gasteiger charge is 2.64. The van der Waals surface area contributed by atoms with Crippen LogP contribution in [0.2, 0.25) is 0 Å². The fourth-order valence-corrected chi connectivity index (χ4v) is 2.81. The molecule has 94 valence electrons. The van der Waals surface area contributed by atoms with Gasteiger partial charge in [0.1, 0.15) is 0 Å². The molecule has 0 amide bonds. The summed E-state index contributed by atoms with van der Waals surface area (Å²) in [6.45, 7) is 12.3. The molecular formula is C15H24N2. The molecular weight excluding hydrogens is 208 g/mol. The van der Waals surface area contributed by atoms with Gasteiger partial charge in [-0.25, -0.2) is 0 Å². The van der Waals surface area contributed by atoms with Crippen molar-refractivity contribution in [3.05, 3.63) is 29.3 Å². The van der Waals surface area contributed by atoms with Crippen LogP contribution in [0.1, 0.15) is 38.8 Å². The van der Waals surface area contributed by atoms with Crippen LogP contribution < -0.4 is 11.1 Å². The van der Waals surface area contributed by atoms with E-state index in [4.69, 9.17) is 5.73 Å². The summed E-state index contributed by atoms with van der Waals surface area (Å²) in [4.78, 5) is 0. The van der Waals surface area contributed by atoms with E-state index in [2.05, 4.69) is 46.0 Å². The summed E-state index contributed by atoms with van der Waals surface area (Å²) in [5.74, 6) is 0. The molecule has 1 aromatic rings. The number of hydrogen-bond acceptors (Lipinski definition) is 2. The van der Waals surface area contributed by atoms with Crippen LogP contribution >= 0.6 is 0 Å².